The maximum atomic E-state index is 2.95. The van der Waals surface area contributed by atoms with Crippen molar-refractivity contribution in [2.24, 2.45) is 0 Å². The van der Waals surface area contributed by atoms with Crippen molar-refractivity contribution >= 4 is 70.7 Å². The molecule has 0 fully saturated rings. The molecule has 4 aromatic rings. The topological polar surface area (TPSA) is 0 Å². The van der Waals surface area contributed by atoms with Gasteiger partial charge in [0.2, 0.25) is 0 Å². The summed E-state index contributed by atoms with van der Waals surface area (Å²) in [4.78, 5) is 0. The fourth-order valence-electron chi connectivity index (χ4n) is 11.1. The Morgan fingerprint density at radius 3 is 1.04 bits per heavy atom. The Kier molecular flexibility index (Phi) is 11.6. The Balaban J connectivity index is 1.59. The number of benzene rings is 4. The molecule has 4 aromatic carbocycles. The number of allylic oxidation sites excluding steroid dienone is 2. The van der Waals surface area contributed by atoms with Crippen LogP contribution in [0.2, 0.25) is 99.0 Å². The third-order valence-corrected chi connectivity index (χ3v) is 80.8. The Hall–Kier alpha value is -1.69. The molecular formula is C50H74HfSi5. The molecule has 0 saturated heterocycles. The minimum absolute atomic E-state index is 0.523. The van der Waals surface area contributed by atoms with E-state index in [1.54, 1.807) is 31.9 Å². The van der Waals surface area contributed by atoms with Crippen molar-refractivity contribution in [3.63, 3.8) is 0 Å². The molecule has 0 N–H and O–H groups in total. The summed E-state index contributed by atoms with van der Waals surface area (Å²) in [6, 6.07) is 30.3. The van der Waals surface area contributed by atoms with Crippen molar-refractivity contribution in [3.05, 3.63) is 107 Å². The molecule has 0 radical (unpaired) electrons. The summed E-state index contributed by atoms with van der Waals surface area (Å²) in [6.45, 7) is 40.5. The second-order valence-corrected chi connectivity index (χ2v) is 89.2. The zero-order valence-corrected chi connectivity index (χ0v) is 47.1. The van der Waals surface area contributed by atoms with E-state index in [1.807, 2.05) is 0 Å². The van der Waals surface area contributed by atoms with E-state index in [4.69, 9.17) is 0 Å². The van der Waals surface area contributed by atoms with Gasteiger partial charge >= 0.3 is 351 Å². The molecule has 2 aliphatic rings. The van der Waals surface area contributed by atoms with Gasteiger partial charge in [-0.3, -0.25) is 0 Å². The van der Waals surface area contributed by atoms with E-state index in [1.165, 1.54) is 33.4 Å². The van der Waals surface area contributed by atoms with Crippen molar-refractivity contribution in [1.29, 1.82) is 0 Å². The van der Waals surface area contributed by atoms with Gasteiger partial charge in [-0.05, 0) is 0 Å². The van der Waals surface area contributed by atoms with Crippen LogP contribution in [0.3, 0.4) is 0 Å². The van der Waals surface area contributed by atoms with E-state index in [0.29, 0.717) is 18.4 Å². The minimum atomic E-state index is -4.11. The van der Waals surface area contributed by atoms with Gasteiger partial charge in [-0.1, -0.05) is 0 Å². The van der Waals surface area contributed by atoms with Crippen molar-refractivity contribution in [2.45, 2.75) is 134 Å². The van der Waals surface area contributed by atoms with Gasteiger partial charge in [0, 0.05) is 0 Å². The summed E-state index contributed by atoms with van der Waals surface area (Å²) in [7, 11) is -6.08. The Morgan fingerprint density at radius 2 is 0.768 bits per heavy atom. The van der Waals surface area contributed by atoms with E-state index in [0.717, 1.165) is 0 Å². The molecule has 6 heteroatoms. The first-order valence-corrected chi connectivity index (χ1v) is 54.0. The molecule has 0 saturated carbocycles. The molecule has 6 rings (SSSR count). The fourth-order valence-corrected chi connectivity index (χ4v) is 87.9. The molecule has 0 nitrogen and oxygen atoms in total. The SMILES string of the molecule is CC(C)[Si](C(C)C)=[Hf]([CH3])([CH3])([CH]1C=Cc2c(-c3cc([Si](C)(C)C)cc([Si](C)(C)C)c3)cccc21)[CH]1C=Cc2c(-c3cc([Si](C)(C)C)cc([Si](C)(C)C)c3)cccc21. The predicted molar refractivity (Wildman–Crippen MR) is 267 cm³/mol. The number of hydrogen-bond acceptors (Lipinski definition) is 0. The molecule has 2 unspecified atom stereocenters. The molecular weight excluding hydrogens is 919 g/mol. The Morgan fingerprint density at radius 1 is 0.464 bits per heavy atom. The first-order chi connectivity index (χ1) is 25.6. The molecule has 0 amide bonds. The normalized spacial score (nSPS) is 17.6. The van der Waals surface area contributed by atoms with Crippen LogP contribution in [0.25, 0.3) is 34.4 Å². The Labute approximate surface area is 348 Å². The van der Waals surface area contributed by atoms with Crippen LogP contribution in [-0.4, -0.2) is 37.8 Å². The molecule has 0 aliphatic heterocycles. The molecule has 298 valence electrons. The Bertz CT molecular complexity index is 2100. The molecule has 2 aliphatic carbocycles. The number of fused-ring (bicyclic) bond motifs is 2. The summed E-state index contributed by atoms with van der Waals surface area (Å²) in [5.74, 6) is 0. The van der Waals surface area contributed by atoms with E-state index in [9.17, 15) is 0 Å². The van der Waals surface area contributed by atoms with Crippen LogP contribution >= 0.6 is 0 Å². The first-order valence-electron chi connectivity index (χ1n) is 21.7. The molecule has 0 spiro atoms. The standard InChI is InChI=1S/2C21H27Si2.C6H14Si.2CH3.Hf/c2*1-22(2,3)18-13-17(14-19(15-18)23(4,5)6)21-12-8-10-16-9-7-11-20(16)21;1-5(2)7-6(3)4;;;/h2*7-15H,1-6H3;5-6H,1-4H3;2*1H3;. The summed E-state index contributed by atoms with van der Waals surface area (Å²) < 4.78 is 6.94. The fraction of sp³-hybridized carbons (Fsp3) is 0.440. The quantitative estimate of drug-likeness (QED) is 0.139. The van der Waals surface area contributed by atoms with Gasteiger partial charge in [0.1, 0.15) is 0 Å². The average molecular weight is 994 g/mol. The number of rotatable bonds is 10. The van der Waals surface area contributed by atoms with Crippen LogP contribution < -0.4 is 20.7 Å². The molecule has 56 heavy (non-hydrogen) atoms. The molecule has 0 heterocycles. The van der Waals surface area contributed by atoms with Gasteiger partial charge in [-0.2, -0.15) is 0 Å². The van der Waals surface area contributed by atoms with E-state index in [2.05, 4.69) is 213 Å². The number of hydrogen-bond donors (Lipinski definition) is 0. The van der Waals surface area contributed by atoms with Gasteiger partial charge in [-0.25, -0.2) is 0 Å². The predicted octanol–water partition coefficient (Wildman–Crippen LogP) is 13.6. The van der Waals surface area contributed by atoms with E-state index < -0.39 is 54.9 Å². The second-order valence-electron chi connectivity index (χ2n) is 23.3. The third-order valence-electron chi connectivity index (χ3n) is 13.9. The van der Waals surface area contributed by atoms with Crippen LogP contribution in [0.4, 0.5) is 0 Å². The van der Waals surface area contributed by atoms with Crippen LogP contribution in [-0.2, 0) is 17.1 Å². The van der Waals surface area contributed by atoms with Gasteiger partial charge in [0.15, 0.2) is 0 Å². The summed E-state index contributed by atoms with van der Waals surface area (Å²) >= 11 is -4.11. The zero-order valence-electron chi connectivity index (χ0n) is 38.5. The van der Waals surface area contributed by atoms with Crippen LogP contribution in [0.1, 0.15) is 57.3 Å². The van der Waals surface area contributed by atoms with E-state index >= 15 is 0 Å². The van der Waals surface area contributed by atoms with Crippen molar-refractivity contribution in [3.8, 4) is 22.3 Å². The monoisotopic (exact) mass is 994 g/mol. The van der Waals surface area contributed by atoms with Crippen LogP contribution in [0.15, 0.2) is 84.9 Å². The van der Waals surface area contributed by atoms with Gasteiger partial charge < -0.3 is 0 Å². The van der Waals surface area contributed by atoms with Gasteiger partial charge in [0.25, 0.3) is 0 Å². The molecule has 0 bridgehead atoms. The van der Waals surface area contributed by atoms with Crippen LogP contribution in [0.5, 0.6) is 0 Å². The van der Waals surface area contributed by atoms with Crippen LogP contribution in [0, 0.1) is 0 Å². The van der Waals surface area contributed by atoms with E-state index in [-0.39, 0.29) is 0 Å². The summed E-state index contributed by atoms with van der Waals surface area (Å²) in [5.41, 5.74) is 12.7. The maximum absolute atomic E-state index is 4.11. The zero-order chi connectivity index (χ0) is 41.6. The third kappa shape index (κ3) is 7.87. The summed E-state index contributed by atoms with van der Waals surface area (Å²) in [6.07, 6.45) is 10.7. The van der Waals surface area contributed by atoms with Gasteiger partial charge in [-0.15, -0.1) is 0 Å². The second kappa shape index (κ2) is 14.8. The molecule has 0 aromatic heterocycles. The van der Waals surface area contributed by atoms with Gasteiger partial charge in [0.05, 0.1) is 0 Å². The van der Waals surface area contributed by atoms with Crippen molar-refractivity contribution < 1.29 is 17.1 Å². The average Bonchev–Trinajstić information content (AvgIpc) is 3.72. The van der Waals surface area contributed by atoms with Crippen molar-refractivity contribution in [1.82, 2.24) is 0 Å². The van der Waals surface area contributed by atoms with Crippen molar-refractivity contribution in [2.75, 3.05) is 0 Å². The molecule has 2 atom stereocenters. The first kappa shape index (κ1) is 43.9. The summed E-state index contributed by atoms with van der Waals surface area (Å²) in [5, 5.41) is 6.39.